The van der Waals surface area contributed by atoms with Crippen molar-refractivity contribution in [3.63, 3.8) is 0 Å². The molecule has 2 heterocycles. The van der Waals surface area contributed by atoms with Crippen molar-refractivity contribution in [2.75, 3.05) is 26.3 Å². The van der Waals surface area contributed by atoms with E-state index in [9.17, 15) is 4.79 Å². The summed E-state index contributed by atoms with van der Waals surface area (Å²) in [4.78, 5) is 14.0. The summed E-state index contributed by atoms with van der Waals surface area (Å²) in [7, 11) is 0. The number of amides is 1. The lowest BCUT2D eigenvalue weighted by Gasteiger charge is -2.36. The Morgan fingerprint density at radius 2 is 2.23 bits per heavy atom. The average Bonchev–Trinajstić information content (AvgIpc) is 2.83. The first-order valence-electron chi connectivity index (χ1n) is 7.68. The number of carbonyl (C=O) groups excluding carboxylic acids is 1. The van der Waals surface area contributed by atoms with Crippen molar-refractivity contribution in [2.45, 2.75) is 45.9 Å². The molecule has 22 heavy (non-hydrogen) atoms. The van der Waals surface area contributed by atoms with Gasteiger partial charge in [0.05, 0.1) is 25.8 Å². The first-order valence-corrected chi connectivity index (χ1v) is 7.68. The summed E-state index contributed by atoms with van der Waals surface area (Å²) < 4.78 is 16.5. The minimum atomic E-state index is -0.487. The van der Waals surface area contributed by atoms with Gasteiger partial charge >= 0.3 is 6.09 Å². The molecule has 124 valence electrons. The number of nitrogens with one attached hydrogen (secondary N) is 1. The number of ether oxygens (including phenoxy) is 2. The van der Waals surface area contributed by atoms with E-state index in [0.717, 1.165) is 11.5 Å². The summed E-state index contributed by atoms with van der Waals surface area (Å²) >= 11 is 0. The van der Waals surface area contributed by atoms with E-state index < -0.39 is 5.60 Å². The van der Waals surface area contributed by atoms with E-state index in [1.807, 2.05) is 39.8 Å². The van der Waals surface area contributed by atoms with Crippen molar-refractivity contribution < 1.29 is 18.7 Å². The fraction of sp³-hybridized carbons (Fsp3) is 0.688. The Kier molecular flexibility index (Phi) is 5.47. The third-order valence-corrected chi connectivity index (χ3v) is 3.33. The maximum Gasteiger partial charge on any atom is 0.410 e. The monoisotopic (exact) mass is 310 g/mol. The molecule has 1 unspecified atom stereocenters. The van der Waals surface area contributed by atoms with Gasteiger partial charge in [-0.25, -0.2) is 4.79 Å². The first-order chi connectivity index (χ1) is 10.3. The van der Waals surface area contributed by atoms with Crippen LogP contribution in [0.1, 0.15) is 32.3 Å². The zero-order valence-corrected chi connectivity index (χ0v) is 13.8. The third-order valence-electron chi connectivity index (χ3n) is 3.33. The first kappa shape index (κ1) is 16.8. The molecule has 0 saturated carbocycles. The van der Waals surface area contributed by atoms with Crippen LogP contribution in [0.3, 0.4) is 0 Å². The van der Waals surface area contributed by atoms with Crippen molar-refractivity contribution in [3.05, 3.63) is 23.7 Å². The molecule has 1 saturated heterocycles. The summed E-state index contributed by atoms with van der Waals surface area (Å²) in [5, 5.41) is 3.31. The molecule has 1 fully saturated rings. The van der Waals surface area contributed by atoms with Crippen LogP contribution in [0, 0.1) is 6.92 Å². The van der Waals surface area contributed by atoms with Crippen LogP contribution >= 0.6 is 0 Å². The van der Waals surface area contributed by atoms with Gasteiger partial charge in [0.25, 0.3) is 0 Å². The number of carbonyl (C=O) groups is 1. The van der Waals surface area contributed by atoms with Crippen molar-refractivity contribution in [1.29, 1.82) is 0 Å². The maximum atomic E-state index is 12.3. The molecule has 1 aromatic heterocycles. The number of hydrogen-bond acceptors (Lipinski definition) is 5. The number of furan rings is 1. The molecule has 6 nitrogen and oxygen atoms in total. The van der Waals surface area contributed by atoms with Gasteiger partial charge in [-0.1, -0.05) is 0 Å². The molecule has 0 aromatic carbocycles. The Bertz CT molecular complexity index is 493. The van der Waals surface area contributed by atoms with Gasteiger partial charge in [0.15, 0.2) is 0 Å². The minimum Gasteiger partial charge on any atom is -0.465 e. The maximum absolute atomic E-state index is 12.3. The predicted octanol–water partition coefficient (Wildman–Crippen LogP) is 2.31. The lowest BCUT2D eigenvalue weighted by molar-refractivity contribution is -0.0318. The largest absolute Gasteiger partial charge is 0.465 e. The van der Waals surface area contributed by atoms with Gasteiger partial charge in [-0.3, -0.25) is 4.90 Å². The molecule has 2 rings (SSSR count). The second kappa shape index (κ2) is 7.15. The summed E-state index contributed by atoms with van der Waals surface area (Å²) in [6, 6.07) is 3.86. The van der Waals surface area contributed by atoms with E-state index in [-0.39, 0.29) is 12.1 Å². The van der Waals surface area contributed by atoms with Crippen molar-refractivity contribution in [3.8, 4) is 0 Å². The van der Waals surface area contributed by atoms with Crippen molar-refractivity contribution >= 4 is 6.09 Å². The Balaban J connectivity index is 1.85. The van der Waals surface area contributed by atoms with Gasteiger partial charge in [0, 0.05) is 13.1 Å². The molecule has 1 aliphatic rings. The Morgan fingerprint density at radius 3 is 2.86 bits per heavy atom. The molecule has 6 heteroatoms. The molecule has 1 atom stereocenters. The Morgan fingerprint density at radius 1 is 1.45 bits per heavy atom. The molecule has 1 aromatic rings. The highest BCUT2D eigenvalue weighted by molar-refractivity contribution is 5.68. The molecule has 1 N–H and O–H groups in total. The van der Waals surface area contributed by atoms with Crippen LogP contribution in [0.4, 0.5) is 4.79 Å². The zero-order valence-electron chi connectivity index (χ0n) is 13.8. The van der Waals surface area contributed by atoms with Gasteiger partial charge < -0.3 is 19.2 Å². The summed E-state index contributed by atoms with van der Waals surface area (Å²) in [5.74, 6) is 1.78. The van der Waals surface area contributed by atoms with Crippen LogP contribution in [0.5, 0.6) is 0 Å². The summed E-state index contributed by atoms with van der Waals surface area (Å²) in [5.41, 5.74) is -0.487. The molecule has 0 radical (unpaired) electrons. The SMILES string of the molecule is Cc1ccc(CNCC2COCCN2C(=O)OC(C)(C)C)o1. The van der Waals surface area contributed by atoms with Crippen molar-refractivity contribution in [1.82, 2.24) is 10.2 Å². The number of nitrogens with zero attached hydrogens (tertiary/aromatic N) is 1. The van der Waals surface area contributed by atoms with E-state index in [4.69, 9.17) is 13.9 Å². The lowest BCUT2D eigenvalue weighted by atomic mass is 10.2. The number of aryl methyl sites for hydroxylation is 1. The van der Waals surface area contributed by atoms with Crippen LogP contribution < -0.4 is 5.32 Å². The predicted molar refractivity (Wildman–Crippen MR) is 82.7 cm³/mol. The van der Waals surface area contributed by atoms with Crippen LogP contribution in [0.2, 0.25) is 0 Å². The van der Waals surface area contributed by atoms with Crippen molar-refractivity contribution in [2.24, 2.45) is 0 Å². The van der Waals surface area contributed by atoms with Gasteiger partial charge in [-0.05, 0) is 39.8 Å². The second-order valence-electron chi connectivity index (χ2n) is 6.55. The van der Waals surface area contributed by atoms with Gasteiger partial charge in [-0.2, -0.15) is 0 Å². The van der Waals surface area contributed by atoms with Gasteiger partial charge in [0.1, 0.15) is 17.1 Å². The van der Waals surface area contributed by atoms with Gasteiger partial charge in [-0.15, -0.1) is 0 Å². The fourth-order valence-corrected chi connectivity index (χ4v) is 2.33. The molecule has 1 aliphatic heterocycles. The zero-order chi connectivity index (χ0) is 16.2. The minimum absolute atomic E-state index is 0.0281. The standard InChI is InChI=1S/C16H26N2O4/c1-12-5-6-14(21-12)10-17-9-13-11-20-8-7-18(13)15(19)22-16(2,3)4/h5-6,13,17H,7-11H2,1-4H3. The summed E-state index contributed by atoms with van der Waals surface area (Å²) in [6.07, 6.45) is -0.281. The molecule has 0 aliphatic carbocycles. The summed E-state index contributed by atoms with van der Waals surface area (Å²) in [6.45, 7) is 10.4. The van der Waals surface area contributed by atoms with E-state index in [1.165, 1.54) is 0 Å². The lowest BCUT2D eigenvalue weighted by Crippen LogP contribution is -2.53. The number of morpholine rings is 1. The van der Waals surface area contributed by atoms with E-state index in [0.29, 0.717) is 32.8 Å². The van der Waals surface area contributed by atoms with E-state index >= 15 is 0 Å². The Labute approximate surface area is 131 Å². The highest BCUT2D eigenvalue weighted by atomic mass is 16.6. The van der Waals surface area contributed by atoms with Crippen LogP contribution in [-0.2, 0) is 16.0 Å². The van der Waals surface area contributed by atoms with E-state index in [2.05, 4.69) is 5.32 Å². The van der Waals surface area contributed by atoms with Gasteiger partial charge in [0.2, 0.25) is 0 Å². The smallest absolute Gasteiger partial charge is 0.410 e. The number of hydrogen-bond donors (Lipinski definition) is 1. The molecule has 1 amide bonds. The molecule has 0 spiro atoms. The highest BCUT2D eigenvalue weighted by Gasteiger charge is 2.30. The average molecular weight is 310 g/mol. The topological polar surface area (TPSA) is 63.9 Å². The molecular weight excluding hydrogens is 284 g/mol. The fourth-order valence-electron chi connectivity index (χ4n) is 2.33. The van der Waals surface area contributed by atoms with Crippen LogP contribution in [0.15, 0.2) is 16.5 Å². The quantitative estimate of drug-likeness (QED) is 0.924. The molecular formula is C16H26N2O4. The van der Waals surface area contributed by atoms with E-state index in [1.54, 1.807) is 4.90 Å². The Hall–Kier alpha value is -1.53. The number of rotatable bonds is 4. The van der Waals surface area contributed by atoms with Crippen LogP contribution in [0.25, 0.3) is 0 Å². The third kappa shape index (κ3) is 5.03. The van der Waals surface area contributed by atoms with Crippen LogP contribution in [-0.4, -0.2) is 48.9 Å². The molecule has 0 bridgehead atoms. The second-order valence-corrected chi connectivity index (χ2v) is 6.55. The normalized spacial score (nSPS) is 19.3. The highest BCUT2D eigenvalue weighted by Crippen LogP contribution is 2.14.